The van der Waals surface area contributed by atoms with Gasteiger partial charge < -0.3 is 20.5 Å². The Hall–Kier alpha value is -2.69. The van der Waals surface area contributed by atoms with Crippen molar-refractivity contribution in [2.24, 2.45) is 0 Å². The highest BCUT2D eigenvalue weighted by Crippen LogP contribution is 2.28. The summed E-state index contributed by atoms with van der Waals surface area (Å²) in [7, 11) is 0. The number of hydrogen-bond acceptors (Lipinski definition) is 4. The van der Waals surface area contributed by atoms with E-state index in [-0.39, 0.29) is 12.5 Å². The van der Waals surface area contributed by atoms with E-state index in [4.69, 9.17) is 15.2 Å². The number of benzene rings is 2. The van der Waals surface area contributed by atoms with E-state index < -0.39 is 0 Å². The van der Waals surface area contributed by atoms with Gasteiger partial charge in [-0.05, 0) is 49.1 Å². The van der Waals surface area contributed by atoms with Gasteiger partial charge in [-0.3, -0.25) is 4.79 Å². The van der Waals surface area contributed by atoms with Crippen LogP contribution in [0.15, 0.2) is 36.4 Å². The van der Waals surface area contributed by atoms with Gasteiger partial charge in [-0.1, -0.05) is 26.0 Å². The molecule has 0 aliphatic rings. The molecule has 0 radical (unpaired) electrons. The number of anilines is 2. The van der Waals surface area contributed by atoms with Crippen LogP contribution in [0.2, 0.25) is 0 Å². The number of nitrogen functional groups attached to an aromatic ring is 1. The molecule has 0 bridgehead atoms. The first kappa shape index (κ1) is 18.6. The van der Waals surface area contributed by atoms with Crippen molar-refractivity contribution < 1.29 is 14.3 Å². The van der Waals surface area contributed by atoms with Crippen LogP contribution >= 0.6 is 0 Å². The highest BCUT2D eigenvalue weighted by molar-refractivity contribution is 5.95. The van der Waals surface area contributed by atoms with Crippen molar-refractivity contribution in [1.29, 1.82) is 0 Å². The van der Waals surface area contributed by atoms with Crippen molar-refractivity contribution in [3.05, 3.63) is 47.5 Å². The monoisotopic (exact) mass is 342 g/mol. The van der Waals surface area contributed by atoms with Crippen LogP contribution in [0.25, 0.3) is 0 Å². The van der Waals surface area contributed by atoms with Gasteiger partial charge in [0.05, 0.1) is 18.0 Å². The summed E-state index contributed by atoms with van der Waals surface area (Å²) in [6.07, 6.45) is 0. The van der Waals surface area contributed by atoms with E-state index >= 15 is 0 Å². The van der Waals surface area contributed by atoms with Crippen LogP contribution in [0.3, 0.4) is 0 Å². The number of nitrogens with two attached hydrogens (primary N) is 1. The van der Waals surface area contributed by atoms with E-state index in [0.29, 0.717) is 29.6 Å². The average molecular weight is 342 g/mol. The SMILES string of the molecule is CCOc1ccc(NC(=O)COc2cc(C)ccc2C(C)C)c(N)c1. The van der Waals surface area contributed by atoms with Crippen molar-refractivity contribution in [1.82, 2.24) is 0 Å². The zero-order valence-electron chi connectivity index (χ0n) is 15.3. The summed E-state index contributed by atoms with van der Waals surface area (Å²) < 4.78 is 11.1. The lowest BCUT2D eigenvalue weighted by Gasteiger charge is -2.15. The molecule has 0 saturated carbocycles. The summed E-state index contributed by atoms with van der Waals surface area (Å²) in [6.45, 7) is 8.58. The number of amides is 1. The van der Waals surface area contributed by atoms with Crippen LogP contribution in [0, 0.1) is 6.92 Å². The molecule has 0 saturated heterocycles. The van der Waals surface area contributed by atoms with Gasteiger partial charge >= 0.3 is 0 Å². The zero-order chi connectivity index (χ0) is 18.4. The molecule has 134 valence electrons. The predicted molar refractivity (Wildman–Crippen MR) is 101 cm³/mol. The van der Waals surface area contributed by atoms with Crippen molar-refractivity contribution in [2.75, 3.05) is 24.3 Å². The van der Waals surface area contributed by atoms with E-state index in [0.717, 1.165) is 16.9 Å². The maximum absolute atomic E-state index is 12.2. The molecule has 2 aromatic carbocycles. The maximum Gasteiger partial charge on any atom is 0.262 e. The van der Waals surface area contributed by atoms with E-state index in [1.165, 1.54) is 0 Å². The summed E-state index contributed by atoms with van der Waals surface area (Å²) in [5, 5.41) is 2.77. The first-order valence-corrected chi connectivity index (χ1v) is 8.46. The van der Waals surface area contributed by atoms with Crippen LogP contribution in [0.4, 0.5) is 11.4 Å². The number of rotatable bonds is 7. The van der Waals surface area contributed by atoms with Gasteiger partial charge in [0.25, 0.3) is 5.91 Å². The fraction of sp³-hybridized carbons (Fsp3) is 0.350. The number of hydrogen-bond donors (Lipinski definition) is 2. The van der Waals surface area contributed by atoms with Gasteiger partial charge in [0.2, 0.25) is 0 Å². The molecular weight excluding hydrogens is 316 g/mol. The highest BCUT2D eigenvalue weighted by atomic mass is 16.5. The average Bonchev–Trinajstić information content (AvgIpc) is 2.55. The summed E-state index contributed by atoms with van der Waals surface area (Å²) >= 11 is 0. The maximum atomic E-state index is 12.2. The number of aryl methyl sites for hydroxylation is 1. The Labute approximate surface area is 149 Å². The number of carbonyl (C=O) groups excluding carboxylic acids is 1. The highest BCUT2D eigenvalue weighted by Gasteiger charge is 2.11. The molecule has 0 aromatic heterocycles. The van der Waals surface area contributed by atoms with Crippen molar-refractivity contribution in [3.63, 3.8) is 0 Å². The van der Waals surface area contributed by atoms with Crippen LogP contribution in [-0.2, 0) is 4.79 Å². The Balaban J connectivity index is 2.01. The first-order valence-electron chi connectivity index (χ1n) is 8.46. The van der Waals surface area contributed by atoms with Crippen LogP contribution in [0.5, 0.6) is 11.5 Å². The van der Waals surface area contributed by atoms with Gasteiger partial charge in [-0.25, -0.2) is 0 Å². The zero-order valence-corrected chi connectivity index (χ0v) is 15.3. The van der Waals surface area contributed by atoms with Gasteiger partial charge in [0, 0.05) is 6.07 Å². The van der Waals surface area contributed by atoms with Crippen LogP contribution in [0.1, 0.15) is 37.8 Å². The second kappa shape index (κ2) is 8.42. The van der Waals surface area contributed by atoms with Crippen LogP contribution in [-0.4, -0.2) is 19.1 Å². The van der Waals surface area contributed by atoms with Crippen molar-refractivity contribution >= 4 is 17.3 Å². The standard InChI is InChI=1S/C20H26N2O3/c1-5-24-15-7-9-18(17(21)11-15)22-20(23)12-25-19-10-14(4)6-8-16(19)13(2)3/h6-11,13H,5,12,21H2,1-4H3,(H,22,23). The number of nitrogens with one attached hydrogen (secondary N) is 1. The quantitative estimate of drug-likeness (QED) is 0.743. The molecule has 0 atom stereocenters. The molecule has 0 fully saturated rings. The van der Waals surface area contributed by atoms with E-state index in [1.54, 1.807) is 18.2 Å². The molecule has 0 aliphatic heterocycles. The smallest absolute Gasteiger partial charge is 0.262 e. The minimum Gasteiger partial charge on any atom is -0.494 e. The molecular formula is C20H26N2O3. The molecule has 0 heterocycles. The lowest BCUT2D eigenvalue weighted by Crippen LogP contribution is -2.21. The van der Waals surface area contributed by atoms with Crippen molar-refractivity contribution in [3.8, 4) is 11.5 Å². The van der Waals surface area contributed by atoms with Gasteiger partial charge in [-0.15, -0.1) is 0 Å². The summed E-state index contributed by atoms with van der Waals surface area (Å²) in [5.74, 6) is 1.48. The van der Waals surface area contributed by atoms with E-state index in [9.17, 15) is 4.79 Å². The normalized spacial score (nSPS) is 10.6. The van der Waals surface area contributed by atoms with Crippen LogP contribution < -0.4 is 20.5 Å². The molecule has 25 heavy (non-hydrogen) atoms. The number of ether oxygens (including phenoxy) is 2. The Bertz CT molecular complexity index is 742. The number of carbonyl (C=O) groups is 1. The summed E-state index contributed by atoms with van der Waals surface area (Å²) in [4.78, 5) is 12.2. The Morgan fingerprint density at radius 2 is 1.92 bits per heavy atom. The molecule has 0 aliphatic carbocycles. The summed E-state index contributed by atoms with van der Waals surface area (Å²) in [6, 6.07) is 11.2. The molecule has 5 heteroatoms. The third-order valence-electron chi connectivity index (χ3n) is 3.76. The molecule has 2 aromatic rings. The second-order valence-corrected chi connectivity index (χ2v) is 6.21. The lowest BCUT2D eigenvalue weighted by atomic mass is 10.0. The Morgan fingerprint density at radius 3 is 2.56 bits per heavy atom. The second-order valence-electron chi connectivity index (χ2n) is 6.21. The van der Waals surface area contributed by atoms with Gasteiger partial charge in [0.15, 0.2) is 6.61 Å². The minimum atomic E-state index is -0.257. The fourth-order valence-corrected chi connectivity index (χ4v) is 2.48. The molecule has 3 N–H and O–H groups in total. The third-order valence-corrected chi connectivity index (χ3v) is 3.76. The lowest BCUT2D eigenvalue weighted by molar-refractivity contribution is -0.118. The summed E-state index contributed by atoms with van der Waals surface area (Å²) in [5.41, 5.74) is 9.13. The van der Waals surface area contributed by atoms with Gasteiger partial charge in [0.1, 0.15) is 11.5 Å². The topological polar surface area (TPSA) is 73.6 Å². The predicted octanol–water partition coefficient (Wildman–Crippen LogP) is 4.12. The largest absolute Gasteiger partial charge is 0.494 e. The Kier molecular flexibility index (Phi) is 6.28. The molecule has 2 rings (SSSR count). The fourth-order valence-electron chi connectivity index (χ4n) is 2.48. The molecule has 0 unspecified atom stereocenters. The minimum absolute atomic E-state index is 0.0736. The molecule has 0 spiro atoms. The van der Waals surface area contributed by atoms with Gasteiger partial charge in [-0.2, -0.15) is 0 Å². The third kappa shape index (κ3) is 5.14. The van der Waals surface area contributed by atoms with E-state index in [1.807, 2.05) is 32.0 Å². The van der Waals surface area contributed by atoms with Crippen molar-refractivity contribution in [2.45, 2.75) is 33.6 Å². The Morgan fingerprint density at radius 1 is 1.16 bits per heavy atom. The molecule has 1 amide bonds. The van der Waals surface area contributed by atoms with E-state index in [2.05, 4.69) is 19.2 Å². The first-order chi connectivity index (χ1) is 11.9. The molecule has 5 nitrogen and oxygen atoms in total.